The van der Waals surface area contributed by atoms with Crippen LogP contribution in [0.3, 0.4) is 0 Å². The van der Waals surface area contributed by atoms with Crippen LogP contribution in [0.2, 0.25) is 0 Å². The summed E-state index contributed by atoms with van der Waals surface area (Å²) in [4.78, 5) is 13.2. The predicted octanol–water partition coefficient (Wildman–Crippen LogP) is 3.70. The van der Waals surface area contributed by atoms with Crippen molar-refractivity contribution in [3.8, 4) is 10.4 Å². The first-order valence-corrected chi connectivity index (χ1v) is 7.93. The molecule has 0 aliphatic carbocycles. The van der Waals surface area contributed by atoms with E-state index in [4.69, 9.17) is 5.11 Å². The number of aliphatic hydroxyl groups is 1. The van der Waals surface area contributed by atoms with Crippen LogP contribution in [0.25, 0.3) is 10.4 Å². The van der Waals surface area contributed by atoms with Crippen molar-refractivity contribution in [2.75, 3.05) is 11.9 Å². The predicted molar refractivity (Wildman–Crippen MR) is 87.7 cm³/mol. The first-order valence-electron chi connectivity index (χ1n) is 7.06. The molecule has 0 aliphatic heterocycles. The average molecular weight is 304 g/mol. The summed E-state index contributed by atoms with van der Waals surface area (Å²) in [5.74, 6) is 0. The van der Waals surface area contributed by atoms with Crippen LogP contribution in [-0.2, 0) is 0 Å². The second kappa shape index (κ2) is 7.81. The fourth-order valence-corrected chi connectivity index (χ4v) is 2.88. The molecule has 5 heteroatoms. The molecule has 2 rings (SSSR count). The average Bonchev–Trinajstić information content (AvgIpc) is 3.01. The van der Waals surface area contributed by atoms with Gasteiger partial charge >= 0.3 is 6.03 Å². The lowest BCUT2D eigenvalue weighted by Gasteiger charge is -2.17. The van der Waals surface area contributed by atoms with Gasteiger partial charge in [-0.3, -0.25) is 0 Å². The lowest BCUT2D eigenvalue weighted by atomic mass is 10.1. The lowest BCUT2D eigenvalue weighted by molar-refractivity contribution is 0.237. The Hall–Kier alpha value is -1.85. The Bertz CT molecular complexity index is 569. The number of hydrogen-bond donors (Lipinski definition) is 3. The summed E-state index contributed by atoms with van der Waals surface area (Å²) in [6.45, 7) is 2.06. The van der Waals surface area contributed by atoms with Gasteiger partial charge in [-0.15, -0.1) is 11.3 Å². The molecule has 112 valence electrons. The summed E-state index contributed by atoms with van der Waals surface area (Å²) in [6.07, 6.45) is 1.36. The molecule has 0 radical (unpaired) electrons. The monoisotopic (exact) mass is 304 g/mol. The minimum atomic E-state index is -0.237. The summed E-state index contributed by atoms with van der Waals surface area (Å²) < 4.78 is 0. The van der Waals surface area contributed by atoms with Crippen molar-refractivity contribution in [1.29, 1.82) is 0 Å². The number of thiophene rings is 1. The van der Waals surface area contributed by atoms with Gasteiger partial charge in [0, 0.05) is 23.1 Å². The first kappa shape index (κ1) is 15.5. The van der Waals surface area contributed by atoms with Gasteiger partial charge in [0.15, 0.2) is 0 Å². The van der Waals surface area contributed by atoms with Crippen molar-refractivity contribution in [3.63, 3.8) is 0 Å². The molecule has 21 heavy (non-hydrogen) atoms. The summed E-state index contributed by atoms with van der Waals surface area (Å²) >= 11 is 1.64. The number of carbonyl (C=O) groups is 1. The zero-order valence-electron chi connectivity index (χ0n) is 12.0. The Morgan fingerprint density at radius 2 is 2.10 bits per heavy atom. The molecule has 1 aromatic carbocycles. The summed E-state index contributed by atoms with van der Waals surface area (Å²) in [6, 6.07) is 11.5. The molecule has 0 bridgehead atoms. The molecule has 2 amide bonds. The largest absolute Gasteiger partial charge is 0.396 e. The van der Waals surface area contributed by atoms with Gasteiger partial charge in [0.1, 0.15) is 0 Å². The topological polar surface area (TPSA) is 61.4 Å². The second-order valence-corrected chi connectivity index (χ2v) is 5.69. The molecule has 1 aromatic heterocycles. The molecule has 1 atom stereocenters. The molecule has 1 heterocycles. The molecule has 0 saturated heterocycles. The van der Waals surface area contributed by atoms with Gasteiger partial charge in [-0.2, -0.15) is 0 Å². The van der Waals surface area contributed by atoms with Crippen molar-refractivity contribution in [2.24, 2.45) is 0 Å². The van der Waals surface area contributed by atoms with E-state index in [9.17, 15) is 4.79 Å². The number of para-hydroxylation sites is 1. The van der Waals surface area contributed by atoms with Gasteiger partial charge in [-0.05, 0) is 30.4 Å². The van der Waals surface area contributed by atoms with Gasteiger partial charge < -0.3 is 15.7 Å². The number of benzene rings is 1. The van der Waals surface area contributed by atoms with Crippen LogP contribution in [0.15, 0.2) is 41.8 Å². The van der Waals surface area contributed by atoms with Crippen LogP contribution in [0, 0.1) is 0 Å². The highest BCUT2D eigenvalue weighted by Gasteiger charge is 2.12. The molecule has 0 fully saturated rings. The Morgan fingerprint density at radius 1 is 1.29 bits per heavy atom. The molecule has 2 aromatic rings. The van der Waals surface area contributed by atoms with Gasteiger partial charge in [0.2, 0.25) is 0 Å². The van der Waals surface area contributed by atoms with Crippen LogP contribution in [0.5, 0.6) is 0 Å². The molecular formula is C16H20N2O2S. The Balaban J connectivity index is 2.08. The third-order valence-electron chi connectivity index (χ3n) is 3.27. The fourth-order valence-electron chi connectivity index (χ4n) is 2.12. The Labute approximate surface area is 128 Å². The number of anilines is 1. The highest BCUT2D eigenvalue weighted by molar-refractivity contribution is 7.13. The molecule has 0 aliphatic rings. The minimum Gasteiger partial charge on any atom is -0.396 e. The maximum Gasteiger partial charge on any atom is 0.319 e. The third-order valence-corrected chi connectivity index (χ3v) is 4.17. The summed E-state index contributed by atoms with van der Waals surface area (Å²) in [5, 5.41) is 16.8. The van der Waals surface area contributed by atoms with E-state index in [-0.39, 0.29) is 18.7 Å². The van der Waals surface area contributed by atoms with Crippen LogP contribution in [-0.4, -0.2) is 23.8 Å². The maximum atomic E-state index is 12.1. The SMILES string of the molecule is CCC(CCO)NC(=O)Nc1ccccc1-c1cccs1. The van der Waals surface area contributed by atoms with Gasteiger partial charge in [-0.25, -0.2) is 4.79 Å². The van der Waals surface area contributed by atoms with Crippen molar-refractivity contribution < 1.29 is 9.90 Å². The fraction of sp³-hybridized carbons (Fsp3) is 0.312. The number of hydrogen-bond acceptors (Lipinski definition) is 3. The van der Waals surface area contributed by atoms with Crippen LogP contribution in [0.1, 0.15) is 19.8 Å². The molecule has 0 spiro atoms. The van der Waals surface area contributed by atoms with Crippen molar-refractivity contribution in [2.45, 2.75) is 25.8 Å². The molecule has 1 unspecified atom stereocenters. The van der Waals surface area contributed by atoms with Crippen molar-refractivity contribution in [3.05, 3.63) is 41.8 Å². The molecular weight excluding hydrogens is 284 g/mol. The van der Waals surface area contributed by atoms with Crippen LogP contribution >= 0.6 is 11.3 Å². The number of amides is 2. The van der Waals surface area contributed by atoms with Gasteiger partial charge in [0.05, 0.1) is 5.69 Å². The summed E-state index contributed by atoms with van der Waals surface area (Å²) in [5.41, 5.74) is 1.80. The standard InChI is InChI=1S/C16H20N2O2S/c1-2-12(9-10-19)17-16(20)18-14-7-4-3-6-13(14)15-8-5-11-21-15/h3-8,11-12,19H,2,9-10H2,1H3,(H2,17,18,20). The van der Waals surface area contributed by atoms with E-state index in [2.05, 4.69) is 10.6 Å². The number of rotatable bonds is 6. The molecule has 4 nitrogen and oxygen atoms in total. The number of nitrogens with one attached hydrogen (secondary N) is 2. The summed E-state index contributed by atoms with van der Waals surface area (Å²) in [7, 11) is 0. The van der Waals surface area contributed by atoms with E-state index in [1.165, 1.54) is 0 Å². The van der Waals surface area contributed by atoms with Crippen molar-refractivity contribution in [1.82, 2.24) is 5.32 Å². The molecule has 0 saturated carbocycles. The van der Waals surface area contributed by atoms with E-state index in [1.54, 1.807) is 11.3 Å². The zero-order valence-corrected chi connectivity index (χ0v) is 12.8. The normalized spacial score (nSPS) is 11.9. The number of aliphatic hydroxyl groups excluding tert-OH is 1. The van der Waals surface area contributed by atoms with E-state index >= 15 is 0 Å². The van der Waals surface area contributed by atoms with Gasteiger partial charge in [0.25, 0.3) is 0 Å². The van der Waals surface area contributed by atoms with E-state index in [1.807, 2.05) is 48.7 Å². The second-order valence-electron chi connectivity index (χ2n) is 4.74. The third kappa shape index (κ3) is 4.31. The quantitative estimate of drug-likeness (QED) is 0.762. The number of carbonyl (C=O) groups excluding carboxylic acids is 1. The smallest absolute Gasteiger partial charge is 0.319 e. The van der Waals surface area contributed by atoms with Crippen LogP contribution in [0.4, 0.5) is 10.5 Å². The Morgan fingerprint density at radius 3 is 2.76 bits per heavy atom. The minimum absolute atomic E-state index is 0.0103. The molecule has 3 N–H and O–H groups in total. The highest BCUT2D eigenvalue weighted by Crippen LogP contribution is 2.31. The van der Waals surface area contributed by atoms with E-state index in [0.29, 0.717) is 6.42 Å². The lowest BCUT2D eigenvalue weighted by Crippen LogP contribution is -2.38. The van der Waals surface area contributed by atoms with Gasteiger partial charge in [-0.1, -0.05) is 31.2 Å². The first-order chi connectivity index (χ1) is 10.2. The Kier molecular flexibility index (Phi) is 5.78. The van der Waals surface area contributed by atoms with Crippen molar-refractivity contribution >= 4 is 23.1 Å². The number of urea groups is 1. The van der Waals surface area contributed by atoms with Crippen LogP contribution < -0.4 is 10.6 Å². The highest BCUT2D eigenvalue weighted by atomic mass is 32.1. The maximum absolute atomic E-state index is 12.1. The zero-order chi connectivity index (χ0) is 15.1. The van der Waals surface area contributed by atoms with E-state index < -0.39 is 0 Å². The van der Waals surface area contributed by atoms with E-state index in [0.717, 1.165) is 22.5 Å².